The quantitative estimate of drug-likeness (QED) is 0.125. The predicted molar refractivity (Wildman–Crippen MR) is 150 cm³/mol. The van der Waals surface area contributed by atoms with Crippen molar-refractivity contribution in [3.05, 3.63) is 56.3 Å². The summed E-state index contributed by atoms with van der Waals surface area (Å²) in [4.78, 5) is 36.9. The van der Waals surface area contributed by atoms with Crippen molar-refractivity contribution in [2.75, 3.05) is 26.9 Å². The molecule has 208 valence electrons. The second-order valence-corrected chi connectivity index (χ2v) is 9.23. The molecule has 1 aliphatic heterocycles. The van der Waals surface area contributed by atoms with Gasteiger partial charge in [-0.05, 0) is 78.8 Å². The van der Waals surface area contributed by atoms with Gasteiger partial charge >= 0.3 is 12.0 Å². The number of benzene rings is 2. The summed E-state index contributed by atoms with van der Waals surface area (Å²) in [5, 5.41) is 19.3. The molecule has 3 amide bonds. The van der Waals surface area contributed by atoms with Gasteiger partial charge in [0, 0.05) is 5.70 Å². The van der Waals surface area contributed by atoms with E-state index in [0.717, 1.165) is 0 Å². The van der Waals surface area contributed by atoms with Crippen LogP contribution in [0.1, 0.15) is 37.9 Å². The molecular formula is C26H29IN4O8. The third-order valence-corrected chi connectivity index (χ3v) is 6.22. The van der Waals surface area contributed by atoms with Gasteiger partial charge in [-0.1, -0.05) is 6.07 Å². The van der Waals surface area contributed by atoms with Crippen LogP contribution in [0.4, 0.5) is 4.79 Å². The van der Waals surface area contributed by atoms with E-state index in [1.165, 1.54) is 13.3 Å². The third kappa shape index (κ3) is 7.52. The zero-order valence-corrected chi connectivity index (χ0v) is 24.0. The number of amides is 3. The molecule has 2 aromatic rings. The molecule has 0 unspecified atom stereocenters. The predicted octanol–water partition coefficient (Wildman–Crippen LogP) is 3.12. The molecule has 0 bridgehead atoms. The van der Waals surface area contributed by atoms with Crippen LogP contribution in [-0.2, 0) is 14.3 Å². The SMILES string of the molecule is CCOC(=O)C1=C(C)NC(=O)N[C@H]1c1ccc(OCC(=O)N/N=C/c2cc(I)c(O)c(OCC)c2)c(OC)c1. The van der Waals surface area contributed by atoms with Gasteiger partial charge in [0.15, 0.2) is 29.6 Å². The van der Waals surface area contributed by atoms with E-state index in [1.54, 1.807) is 51.1 Å². The number of carbonyl (C=O) groups is 3. The second kappa shape index (κ2) is 13.7. The van der Waals surface area contributed by atoms with Crippen molar-refractivity contribution < 1.29 is 38.4 Å². The van der Waals surface area contributed by atoms with Crippen LogP contribution >= 0.6 is 22.6 Å². The Morgan fingerprint density at radius 1 is 1.13 bits per heavy atom. The Kier molecular flexibility index (Phi) is 10.4. The number of esters is 1. The van der Waals surface area contributed by atoms with E-state index in [0.29, 0.717) is 38.5 Å². The molecule has 0 aliphatic carbocycles. The molecule has 0 saturated carbocycles. The van der Waals surface area contributed by atoms with Crippen molar-refractivity contribution in [3.8, 4) is 23.0 Å². The number of allylic oxidation sites excluding steroid dienone is 1. The minimum Gasteiger partial charge on any atom is -0.504 e. The summed E-state index contributed by atoms with van der Waals surface area (Å²) < 4.78 is 22.2. The first-order chi connectivity index (χ1) is 18.7. The average molecular weight is 652 g/mol. The molecule has 0 fully saturated rings. The Morgan fingerprint density at radius 2 is 1.90 bits per heavy atom. The summed E-state index contributed by atoms with van der Waals surface area (Å²) in [5.74, 6) is -0.157. The largest absolute Gasteiger partial charge is 0.504 e. The van der Waals surface area contributed by atoms with Crippen molar-refractivity contribution in [3.63, 3.8) is 0 Å². The normalized spacial score (nSPS) is 14.9. The highest BCUT2D eigenvalue weighted by atomic mass is 127. The van der Waals surface area contributed by atoms with Crippen LogP contribution in [0.5, 0.6) is 23.0 Å². The molecule has 3 rings (SSSR count). The number of urea groups is 1. The highest BCUT2D eigenvalue weighted by Crippen LogP contribution is 2.35. The number of hydrazone groups is 1. The standard InChI is InChI=1S/C26H29IN4O8/c1-5-37-20-10-15(9-17(27)24(20)33)12-28-31-21(32)13-39-18-8-7-16(11-19(18)36-4)23-22(25(34)38-6-2)14(3)29-26(35)30-23/h7-12,23,33H,5-6,13H2,1-4H3,(H,31,32)(H2,29,30,35)/b28-12+/t23-/m0/s1. The number of rotatable bonds is 11. The third-order valence-electron chi connectivity index (χ3n) is 5.40. The molecule has 0 spiro atoms. The summed E-state index contributed by atoms with van der Waals surface area (Å²) in [6, 6.07) is 6.89. The molecule has 0 saturated heterocycles. The van der Waals surface area contributed by atoms with Crippen LogP contribution in [0.2, 0.25) is 0 Å². The fourth-order valence-electron chi connectivity index (χ4n) is 3.69. The number of halogens is 1. The van der Waals surface area contributed by atoms with Gasteiger partial charge < -0.3 is 34.7 Å². The summed E-state index contributed by atoms with van der Waals surface area (Å²) in [6.07, 6.45) is 1.42. The molecule has 12 nitrogen and oxygen atoms in total. The van der Waals surface area contributed by atoms with E-state index in [-0.39, 0.29) is 30.3 Å². The van der Waals surface area contributed by atoms with Crippen LogP contribution in [0.15, 0.2) is 46.7 Å². The molecule has 2 aromatic carbocycles. The second-order valence-electron chi connectivity index (χ2n) is 8.07. The van der Waals surface area contributed by atoms with E-state index in [2.05, 4.69) is 21.2 Å². The van der Waals surface area contributed by atoms with Crippen LogP contribution in [0.3, 0.4) is 0 Å². The number of nitrogens with zero attached hydrogens (tertiary/aromatic N) is 1. The Balaban J connectivity index is 1.68. The van der Waals surface area contributed by atoms with Gasteiger partial charge in [-0.2, -0.15) is 5.10 Å². The van der Waals surface area contributed by atoms with Crippen LogP contribution in [0.25, 0.3) is 0 Å². The maximum Gasteiger partial charge on any atom is 0.338 e. The van der Waals surface area contributed by atoms with Gasteiger partial charge in [-0.3, -0.25) is 4.79 Å². The first kappa shape index (κ1) is 29.5. The van der Waals surface area contributed by atoms with E-state index in [4.69, 9.17) is 18.9 Å². The van der Waals surface area contributed by atoms with Crippen LogP contribution in [0, 0.1) is 3.57 Å². The summed E-state index contributed by atoms with van der Waals surface area (Å²) in [5.41, 5.74) is 4.20. The first-order valence-corrected chi connectivity index (χ1v) is 13.0. The van der Waals surface area contributed by atoms with Crippen molar-refractivity contribution >= 4 is 46.7 Å². The minimum atomic E-state index is -0.774. The molecule has 1 atom stereocenters. The van der Waals surface area contributed by atoms with Gasteiger partial charge in [0.05, 0.1) is 41.7 Å². The van der Waals surface area contributed by atoms with Gasteiger partial charge in [-0.15, -0.1) is 0 Å². The summed E-state index contributed by atoms with van der Waals surface area (Å²) in [6.45, 7) is 5.33. The number of phenolic OH excluding ortho intramolecular Hbond substituents is 1. The maximum atomic E-state index is 12.6. The van der Waals surface area contributed by atoms with Gasteiger partial charge in [0.2, 0.25) is 0 Å². The number of carbonyl (C=O) groups excluding carboxylic acids is 3. The van der Waals surface area contributed by atoms with Gasteiger partial charge in [-0.25, -0.2) is 15.0 Å². The van der Waals surface area contributed by atoms with Crippen molar-refractivity contribution in [1.29, 1.82) is 0 Å². The van der Waals surface area contributed by atoms with E-state index in [1.807, 2.05) is 22.6 Å². The fourth-order valence-corrected chi connectivity index (χ4v) is 4.32. The Labute approximate surface area is 238 Å². The van der Waals surface area contributed by atoms with E-state index >= 15 is 0 Å². The number of hydrogen-bond donors (Lipinski definition) is 4. The zero-order chi connectivity index (χ0) is 28.5. The van der Waals surface area contributed by atoms with E-state index < -0.39 is 23.9 Å². The smallest absolute Gasteiger partial charge is 0.338 e. The van der Waals surface area contributed by atoms with Crippen molar-refractivity contribution in [1.82, 2.24) is 16.1 Å². The molecule has 39 heavy (non-hydrogen) atoms. The monoisotopic (exact) mass is 652 g/mol. The fraction of sp³-hybridized carbons (Fsp3) is 0.308. The highest BCUT2D eigenvalue weighted by Gasteiger charge is 2.32. The molecule has 0 aromatic heterocycles. The molecular weight excluding hydrogens is 623 g/mol. The molecule has 1 heterocycles. The zero-order valence-electron chi connectivity index (χ0n) is 21.8. The maximum absolute atomic E-state index is 12.6. The van der Waals surface area contributed by atoms with Crippen molar-refractivity contribution in [2.24, 2.45) is 5.10 Å². The lowest BCUT2D eigenvalue weighted by Gasteiger charge is -2.28. The number of aromatic hydroxyl groups is 1. The molecule has 13 heteroatoms. The topological polar surface area (TPSA) is 157 Å². The number of hydrogen-bond acceptors (Lipinski definition) is 9. The molecule has 0 radical (unpaired) electrons. The van der Waals surface area contributed by atoms with Crippen molar-refractivity contribution in [2.45, 2.75) is 26.8 Å². The Morgan fingerprint density at radius 3 is 2.59 bits per heavy atom. The van der Waals surface area contributed by atoms with E-state index in [9.17, 15) is 19.5 Å². The van der Waals surface area contributed by atoms with Crippen LogP contribution < -0.4 is 30.3 Å². The van der Waals surface area contributed by atoms with Gasteiger partial charge in [0.25, 0.3) is 5.91 Å². The summed E-state index contributed by atoms with van der Waals surface area (Å²) >= 11 is 1.97. The lowest BCUT2D eigenvalue weighted by atomic mass is 9.95. The molecule has 4 N–H and O–H groups in total. The average Bonchev–Trinajstić information content (AvgIpc) is 2.89. The van der Waals surface area contributed by atoms with Crippen LogP contribution in [-0.4, -0.2) is 56.2 Å². The number of nitrogens with one attached hydrogen (secondary N) is 3. The number of methoxy groups -OCH3 is 1. The summed E-state index contributed by atoms with van der Waals surface area (Å²) in [7, 11) is 1.43. The highest BCUT2D eigenvalue weighted by molar-refractivity contribution is 14.1. The first-order valence-electron chi connectivity index (χ1n) is 11.9. The molecule has 1 aliphatic rings. The number of ether oxygens (including phenoxy) is 4. The lowest BCUT2D eigenvalue weighted by molar-refractivity contribution is -0.139. The Bertz CT molecular complexity index is 1310. The minimum absolute atomic E-state index is 0.0396. The Hall–Kier alpha value is -4.01. The number of phenols is 1. The lowest BCUT2D eigenvalue weighted by Crippen LogP contribution is -2.45. The van der Waals surface area contributed by atoms with Gasteiger partial charge in [0.1, 0.15) is 0 Å².